The Morgan fingerprint density at radius 1 is 1.31 bits per heavy atom. The van der Waals surface area contributed by atoms with Crippen LogP contribution in [-0.2, 0) is 10.0 Å². The summed E-state index contributed by atoms with van der Waals surface area (Å²) in [6.07, 6.45) is 4.79. The van der Waals surface area contributed by atoms with Crippen LogP contribution >= 0.6 is 0 Å². The maximum atomic E-state index is 12.6. The topological polar surface area (TPSA) is 128 Å². The highest BCUT2D eigenvalue weighted by molar-refractivity contribution is 7.89. The summed E-state index contributed by atoms with van der Waals surface area (Å²) in [5, 5.41) is 20.6. The van der Waals surface area contributed by atoms with Crippen molar-refractivity contribution in [3.8, 4) is 11.3 Å². The number of sulfonamides is 1. The summed E-state index contributed by atoms with van der Waals surface area (Å²) in [5.41, 5.74) is 2.23. The largest absolute Gasteiger partial charge is 0.393 e. The molecule has 4 N–H and O–H groups in total. The van der Waals surface area contributed by atoms with Crippen LogP contribution in [0.5, 0.6) is 0 Å². The molecule has 2 rings (SSSR count). The van der Waals surface area contributed by atoms with Gasteiger partial charge in [-0.1, -0.05) is 6.07 Å². The van der Waals surface area contributed by atoms with E-state index in [9.17, 15) is 13.5 Å². The van der Waals surface area contributed by atoms with Crippen molar-refractivity contribution >= 4 is 21.3 Å². The fraction of sp³-hybridized carbons (Fsp3) is 0.350. The molecule has 0 amide bonds. The molecule has 0 aliphatic carbocycles. The van der Waals surface area contributed by atoms with Gasteiger partial charge in [-0.3, -0.25) is 4.98 Å². The van der Waals surface area contributed by atoms with Gasteiger partial charge in [-0.05, 0) is 45.4 Å². The predicted molar refractivity (Wildman–Crippen MR) is 114 cm³/mol. The van der Waals surface area contributed by atoms with Gasteiger partial charge in [0.2, 0.25) is 10.0 Å². The van der Waals surface area contributed by atoms with E-state index < -0.39 is 15.6 Å². The van der Waals surface area contributed by atoms with Crippen LogP contribution in [0, 0.1) is 12.3 Å². The molecule has 0 atom stereocenters. The lowest BCUT2D eigenvalue weighted by molar-refractivity contribution is 0.0857. The summed E-state index contributed by atoms with van der Waals surface area (Å²) >= 11 is 0. The molecule has 0 radical (unpaired) electrons. The fourth-order valence-electron chi connectivity index (χ4n) is 2.54. The van der Waals surface area contributed by atoms with Gasteiger partial charge in [-0.2, -0.15) is 0 Å². The van der Waals surface area contributed by atoms with Crippen molar-refractivity contribution in [3.05, 3.63) is 48.1 Å². The summed E-state index contributed by atoms with van der Waals surface area (Å²) in [6, 6.07) is 4.75. The van der Waals surface area contributed by atoms with Gasteiger partial charge >= 0.3 is 0 Å². The molecule has 0 aliphatic heterocycles. The summed E-state index contributed by atoms with van der Waals surface area (Å²) in [5.74, 6) is 0. The Balaban J connectivity index is 2.49. The van der Waals surface area contributed by atoms with E-state index in [4.69, 9.17) is 5.41 Å². The zero-order valence-electron chi connectivity index (χ0n) is 17.2. The van der Waals surface area contributed by atoms with Gasteiger partial charge in [0.15, 0.2) is 0 Å². The second-order valence-corrected chi connectivity index (χ2v) is 9.14. The number of allylic oxidation sites excluding steroid dienone is 1. The number of hydrogen-bond donors (Lipinski definition) is 4. The van der Waals surface area contributed by atoms with E-state index in [2.05, 4.69) is 20.0 Å². The van der Waals surface area contributed by atoms with Gasteiger partial charge < -0.3 is 15.8 Å². The number of benzene rings is 1. The zero-order chi connectivity index (χ0) is 21.8. The molecule has 29 heavy (non-hydrogen) atoms. The Morgan fingerprint density at radius 2 is 2.00 bits per heavy atom. The number of aromatic nitrogens is 2. The minimum atomic E-state index is -3.80. The normalized spacial score (nSPS) is 12.7. The Hall–Kier alpha value is -2.62. The molecular formula is C20H27N5O3S. The summed E-state index contributed by atoms with van der Waals surface area (Å²) in [7, 11) is -2.07. The molecule has 9 heteroatoms. The third kappa shape index (κ3) is 5.93. The number of nitrogens with one attached hydrogen (secondary N) is 3. The Labute approximate surface area is 171 Å². The Kier molecular flexibility index (Phi) is 6.89. The van der Waals surface area contributed by atoms with Crippen LogP contribution in [0.2, 0.25) is 0 Å². The summed E-state index contributed by atoms with van der Waals surface area (Å²) in [4.78, 5) is 8.88. The second-order valence-electron chi connectivity index (χ2n) is 7.37. The molecule has 0 bridgehead atoms. The smallest absolute Gasteiger partial charge is 0.240 e. The fourth-order valence-corrected chi connectivity index (χ4v) is 3.77. The first-order chi connectivity index (χ1) is 13.4. The van der Waals surface area contributed by atoms with E-state index in [1.165, 1.54) is 26.0 Å². The van der Waals surface area contributed by atoms with Crippen molar-refractivity contribution < 1.29 is 13.5 Å². The lowest BCUT2D eigenvalue weighted by atomic mass is 10.1. The van der Waals surface area contributed by atoms with Crippen LogP contribution in [-0.4, -0.2) is 48.4 Å². The summed E-state index contributed by atoms with van der Waals surface area (Å²) in [6.45, 7) is 6.46. The number of aliphatic hydroxyl groups is 1. The van der Waals surface area contributed by atoms with Crippen molar-refractivity contribution in [3.63, 3.8) is 0 Å². The van der Waals surface area contributed by atoms with Crippen LogP contribution < -0.4 is 10.0 Å². The monoisotopic (exact) mass is 417 g/mol. The van der Waals surface area contributed by atoms with Crippen molar-refractivity contribution in [2.75, 3.05) is 13.6 Å². The van der Waals surface area contributed by atoms with Crippen LogP contribution in [0.4, 0.5) is 0 Å². The summed E-state index contributed by atoms with van der Waals surface area (Å²) < 4.78 is 27.7. The molecule has 8 nitrogen and oxygen atoms in total. The third-order valence-electron chi connectivity index (χ3n) is 4.09. The van der Waals surface area contributed by atoms with E-state index in [0.29, 0.717) is 28.2 Å². The Morgan fingerprint density at radius 3 is 2.59 bits per heavy atom. The third-order valence-corrected chi connectivity index (χ3v) is 5.49. The van der Waals surface area contributed by atoms with E-state index in [-0.39, 0.29) is 11.4 Å². The molecule has 1 aromatic heterocycles. The molecule has 156 valence electrons. The molecular weight excluding hydrogens is 390 g/mol. The quantitative estimate of drug-likeness (QED) is 0.487. The van der Waals surface area contributed by atoms with Gasteiger partial charge in [0.25, 0.3) is 0 Å². The van der Waals surface area contributed by atoms with Crippen molar-refractivity contribution in [1.29, 1.82) is 5.41 Å². The number of hydrogen-bond acceptors (Lipinski definition) is 7. The zero-order valence-corrected chi connectivity index (χ0v) is 18.1. The molecule has 0 saturated carbocycles. The van der Waals surface area contributed by atoms with Crippen molar-refractivity contribution in [1.82, 2.24) is 20.0 Å². The van der Waals surface area contributed by atoms with Gasteiger partial charge in [0, 0.05) is 36.6 Å². The Bertz CT molecular complexity index is 1040. The first-order valence-electron chi connectivity index (χ1n) is 9.03. The maximum Gasteiger partial charge on any atom is 0.240 e. The van der Waals surface area contributed by atoms with Gasteiger partial charge in [-0.25, -0.2) is 18.1 Å². The van der Waals surface area contributed by atoms with E-state index in [1.807, 2.05) is 6.92 Å². The molecule has 1 heterocycles. The highest BCUT2D eigenvalue weighted by atomic mass is 32.2. The molecule has 0 aliphatic rings. The molecule has 0 saturated heterocycles. The minimum Gasteiger partial charge on any atom is -0.393 e. The molecule has 0 unspecified atom stereocenters. The lowest BCUT2D eigenvalue weighted by Crippen LogP contribution is -2.38. The average Bonchev–Trinajstić information content (AvgIpc) is 2.64. The van der Waals surface area contributed by atoms with Crippen LogP contribution in [0.15, 0.2) is 41.7 Å². The van der Waals surface area contributed by atoms with Crippen molar-refractivity contribution in [2.24, 2.45) is 0 Å². The molecule has 0 fully saturated rings. The van der Waals surface area contributed by atoms with Gasteiger partial charge in [-0.15, -0.1) is 0 Å². The van der Waals surface area contributed by atoms with Gasteiger partial charge in [0.1, 0.15) is 0 Å². The first-order valence-corrected chi connectivity index (χ1v) is 10.5. The molecule has 2 aromatic rings. The van der Waals surface area contributed by atoms with Crippen LogP contribution in [0.3, 0.4) is 0 Å². The van der Waals surface area contributed by atoms with Gasteiger partial charge in [0.05, 0.1) is 34.3 Å². The van der Waals surface area contributed by atoms with E-state index in [0.717, 1.165) is 5.56 Å². The van der Waals surface area contributed by atoms with E-state index in [1.54, 1.807) is 38.6 Å². The minimum absolute atomic E-state index is 0.0729. The van der Waals surface area contributed by atoms with Crippen LogP contribution in [0.25, 0.3) is 16.8 Å². The SMILES string of the molecule is CN/C=C(\C(C)=N)c1cncc(-c2cc(S(=O)(=O)NCC(C)(C)O)ccc2C)n1. The highest BCUT2D eigenvalue weighted by Gasteiger charge is 2.21. The lowest BCUT2D eigenvalue weighted by Gasteiger charge is -2.18. The first kappa shape index (κ1) is 22.7. The highest BCUT2D eigenvalue weighted by Crippen LogP contribution is 2.26. The second kappa shape index (κ2) is 8.81. The van der Waals surface area contributed by atoms with Crippen LogP contribution in [0.1, 0.15) is 32.0 Å². The number of nitrogens with zero attached hydrogens (tertiary/aromatic N) is 2. The van der Waals surface area contributed by atoms with E-state index >= 15 is 0 Å². The predicted octanol–water partition coefficient (Wildman–Crippen LogP) is 2.10. The standard InChI is InChI=1S/C20H27N5O3S/c1-13-6-7-15(29(27,28)24-12-20(3,4)26)8-16(13)18-10-23-11-19(25-18)17(9-22-5)14(2)21/h6-11,21-22,24,26H,12H2,1-5H3/b17-9+,21-14?. The molecule has 0 spiro atoms. The molecule has 1 aromatic carbocycles. The average molecular weight is 418 g/mol. The van der Waals surface area contributed by atoms with Crippen molar-refractivity contribution in [2.45, 2.75) is 38.2 Å². The number of aryl methyl sites for hydroxylation is 1. The number of rotatable bonds is 8. The maximum absolute atomic E-state index is 12.6.